The first-order valence-corrected chi connectivity index (χ1v) is 10.5. The number of carbonyl (C=O) groups is 2. The van der Waals surface area contributed by atoms with Crippen molar-refractivity contribution < 1.29 is 27.5 Å². The number of nitrogens with zero attached hydrogens (tertiary/aromatic N) is 4. The van der Waals surface area contributed by atoms with Gasteiger partial charge in [-0.2, -0.15) is 18.2 Å². The summed E-state index contributed by atoms with van der Waals surface area (Å²) in [5.41, 5.74) is 5.88. The van der Waals surface area contributed by atoms with Gasteiger partial charge in [0.2, 0.25) is 5.95 Å². The van der Waals surface area contributed by atoms with E-state index in [2.05, 4.69) is 15.3 Å². The fourth-order valence-electron chi connectivity index (χ4n) is 3.69. The first-order valence-electron chi connectivity index (χ1n) is 10.5. The third-order valence-corrected chi connectivity index (χ3v) is 5.37. The van der Waals surface area contributed by atoms with E-state index >= 15 is 0 Å². The summed E-state index contributed by atoms with van der Waals surface area (Å²) in [5.74, 6) is 0.0494. The number of nitrogens with one attached hydrogen (secondary N) is 1. The molecular weight excluding hydrogens is 465 g/mol. The highest BCUT2D eigenvalue weighted by Gasteiger charge is 2.33. The zero-order valence-electron chi connectivity index (χ0n) is 18.8. The molecular formula is C23H21F3N6O3. The van der Waals surface area contributed by atoms with Crippen LogP contribution in [0.5, 0.6) is 5.75 Å². The molecule has 182 valence electrons. The summed E-state index contributed by atoms with van der Waals surface area (Å²) in [6.45, 7) is 2.25. The van der Waals surface area contributed by atoms with Gasteiger partial charge >= 0.3 is 12.2 Å². The molecule has 3 amide bonds. The summed E-state index contributed by atoms with van der Waals surface area (Å²) in [4.78, 5) is 37.0. The Balaban J connectivity index is 1.66. The molecule has 0 spiro atoms. The number of carbonyl (C=O) groups excluding carboxylic acids is 2. The summed E-state index contributed by atoms with van der Waals surface area (Å²) >= 11 is 0. The monoisotopic (exact) mass is 486 g/mol. The van der Waals surface area contributed by atoms with E-state index in [1.165, 1.54) is 41.3 Å². The molecule has 0 atom stereocenters. The van der Waals surface area contributed by atoms with Crippen LogP contribution in [0.3, 0.4) is 0 Å². The zero-order chi connectivity index (χ0) is 25.3. The van der Waals surface area contributed by atoms with E-state index in [1.807, 2.05) is 0 Å². The van der Waals surface area contributed by atoms with Gasteiger partial charge in [0, 0.05) is 41.7 Å². The fraction of sp³-hybridized carbons (Fsp3) is 0.217. The Hall–Kier alpha value is -4.35. The molecule has 0 saturated heterocycles. The lowest BCUT2D eigenvalue weighted by Gasteiger charge is -2.35. The standard InChI is InChI=1S/C23H21F3N6O3/c1-3-31-19-14(11-28-21(27)30-19)12-32(22(31)34)17-8-16(9-18(10-17)35-2)29-20(33)13-5-4-6-15(7-13)23(24,25)26/h4-11H,3,12H2,1-2H3,(H,29,33)(H2,27,28,30). The van der Waals surface area contributed by atoms with Crippen molar-refractivity contribution in [1.82, 2.24) is 9.97 Å². The van der Waals surface area contributed by atoms with Crippen LogP contribution in [0.25, 0.3) is 0 Å². The van der Waals surface area contributed by atoms with Crippen molar-refractivity contribution in [2.75, 3.05) is 34.5 Å². The molecule has 9 nitrogen and oxygen atoms in total. The summed E-state index contributed by atoms with van der Waals surface area (Å²) in [6.07, 6.45) is -3.04. The second kappa shape index (κ2) is 9.12. The van der Waals surface area contributed by atoms with Gasteiger partial charge in [0.15, 0.2) is 0 Å². The maximum absolute atomic E-state index is 13.2. The number of nitrogen functional groups attached to an aromatic ring is 1. The zero-order valence-corrected chi connectivity index (χ0v) is 18.8. The largest absolute Gasteiger partial charge is 0.497 e. The Kier molecular flexibility index (Phi) is 6.20. The highest BCUT2D eigenvalue weighted by molar-refractivity contribution is 6.07. The van der Waals surface area contributed by atoms with Gasteiger partial charge in [-0.1, -0.05) is 6.07 Å². The van der Waals surface area contributed by atoms with Crippen LogP contribution in [0.15, 0.2) is 48.7 Å². The van der Waals surface area contributed by atoms with Crippen molar-refractivity contribution in [1.29, 1.82) is 0 Å². The molecule has 0 radical (unpaired) electrons. The van der Waals surface area contributed by atoms with Crippen molar-refractivity contribution in [2.24, 2.45) is 0 Å². The summed E-state index contributed by atoms with van der Waals surface area (Å²) in [7, 11) is 1.42. The molecule has 35 heavy (non-hydrogen) atoms. The predicted molar refractivity (Wildman–Crippen MR) is 123 cm³/mol. The van der Waals surface area contributed by atoms with Crippen LogP contribution in [0.1, 0.15) is 28.4 Å². The van der Waals surface area contributed by atoms with E-state index in [1.54, 1.807) is 13.0 Å². The van der Waals surface area contributed by atoms with Crippen molar-refractivity contribution in [2.45, 2.75) is 19.6 Å². The molecule has 3 aromatic rings. The number of amides is 3. The summed E-state index contributed by atoms with van der Waals surface area (Å²) < 4.78 is 44.4. The number of nitrogens with two attached hydrogens (primary N) is 1. The minimum Gasteiger partial charge on any atom is -0.497 e. The first kappa shape index (κ1) is 23.8. The Labute approximate surface area is 198 Å². The molecule has 0 aliphatic carbocycles. The molecule has 1 aliphatic rings. The Morgan fingerprint density at radius 2 is 2.00 bits per heavy atom. The first-order chi connectivity index (χ1) is 16.6. The molecule has 2 aromatic carbocycles. The Morgan fingerprint density at radius 1 is 1.23 bits per heavy atom. The SMILES string of the molecule is CCN1C(=O)N(c2cc(NC(=O)c3cccc(C(F)(F)F)c3)cc(OC)c2)Cc2cnc(N)nc21. The van der Waals surface area contributed by atoms with E-state index in [-0.39, 0.29) is 29.8 Å². The number of aromatic nitrogens is 2. The number of urea groups is 1. The predicted octanol–water partition coefficient (Wildman–Crippen LogP) is 4.31. The number of fused-ring (bicyclic) bond motifs is 1. The lowest BCUT2D eigenvalue weighted by molar-refractivity contribution is -0.137. The van der Waals surface area contributed by atoms with Gasteiger partial charge in [-0.3, -0.25) is 14.6 Å². The lowest BCUT2D eigenvalue weighted by Crippen LogP contribution is -2.48. The number of hydrogen-bond donors (Lipinski definition) is 2. The van der Waals surface area contributed by atoms with E-state index in [4.69, 9.17) is 10.5 Å². The van der Waals surface area contributed by atoms with Crippen LogP contribution in [0.4, 0.5) is 41.1 Å². The van der Waals surface area contributed by atoms with E-state index in [0.717, 1.165) is 18.2 Å². The maximum atomic E-state index is 13.2. The number of ether oxygens (including phenoxy) is 1. The third kappa shape index (κ3) is 4.81. The van der Waals surface area contributed by atoms with E-state index in [9.17, 15) is 22.8 Å². The van der Waals surface area contributed by atoms with Crippen molar-refractivity contribution >= 4 is 35.1 Å². The molecule has 4 rings (SSSR count). The van der Waals surface area contributed by atoms with E-state index < -0.39 is 17.6 Å². The van der Waals surface area contributed by atoms with Crippen LogP contribution in [0.2, 0.25) is 0 Å². The molecule has 0 unspecified atom stereocenters. The van der Waals surface area contributed by atoms with Gasteiger partial charge in [0.25, 0.3) is 5.91 Å². The third-order valence-electron chi connectivity index (χ3n) is 5.37. The second-order valence-corrected chi connectivity index (χ2v) is 7.64. The van der Waals surface area contributed by atoms with Crippen LogP contribution in [-0.2, 0) is 12.7 Å². The number of alkyl halides is 3. The molecule has 1 aromatic heterocycles. The molecule has 12 heteroatoms. The molecule has 0 saturated carbocycles. The van der Waals surface area contributed by atoms with Gasteiger partial charge in [-0.25, -0.2) is 9.78 Å². The topological polar surface area (TPSA) is 114 Å². The maximum Gasteiger partial charge on any atom is 0.416 e. The fourth-order valence-corrected chi connectivity index (χ4v) is 3.69. The number of hydrogen-bond acceptors (Lipinski definition) is 6. The van der Waals surface area contributed by atoms with Gasteiger partial charge in [0.05, 0.1) is 24.9 Å². The molecule has 3 N–H and O–H groups in total. The highest BCUT2D eigenvalue weighted by Crippen LogP contribution is 2.34. The quantitative estimate of drug-likeness (QED) is 0.556. The molecule has 2 heterocycles. The Bertz CT molecular complexity index is 1300. The number of anilines is 4. The average Bonchev–Trinajstić information content (AvgIpc) is 2.83. The van der Waals surface area contributed by atoms with Crippen LogP contribution in [0, 0.1) is 0 Å². The summed E-state index contributed by atoms with van der Waals surface area (Å²) in [5, 5.41) is 2.58. The minimum absolute atomic E-state index is 0.0458. The van der Waals surface area contributed by atoms with Gasteiger partial charge in [0.1, 0.15) is 11.6 Å². The summed E-state index contributed by atoms with van der Waals surface area (Å²) in [6, 6.07) is 8.36. The number of methoxy groups -OCH3 is 1. The average molecular weight is 486 g/mol. The van der Waals surface area contributed by atoms with E-state index in [0.29, 0.717) is 29.4 Å². The minimum atomic E-state index is -4.58. The number of halogens is 3. The lowest BCUT2D eigenvalue weighted by atomic mass is 10.1. The van der Waals surface area contributed by atoms with Gasteiger partial charge in [-0.15, -0.1) is 0 Å². The second-order valence-electron chi connectivity index (χ2n) is 7.64. The molecule has 1 aliphatic heterocycles. The molecule has 0 bridgehead atoms. The number of rotatable bonds is 5. The smallest absolute Gasteiger partial charge is 0.416 e. The molecule has 0 fully saturated rings. The van der Waals surface area contributed by atoms with Crippen molar-refractivity contribution in [3.8, 4) is 5.75 Å². The highest BCUT2D eigenvalue weighted by atomic mass is 19.4. The Morgan fingerprint density at radius 3 is 2.69 bits per heavy atom. The van der Waals surface area contributed by atoms with Crippen LogP contribution < -0.4 is 25.6 Å². The van der Waals surface area contributed by atoms with Gasteiger partial charge in [-0.05, 0) is 31.2 Å². The van der Waals surface area contributed by atoms with Crippen molar-refractivity contribution in [3.05, 3.63) is 65.4 Å². The number of benzene rings is 2. The van der Waals surface area contributed by atoms with Crippen LogP contribution in [-0.4, -0.2) is 35.6 Å². The van der Waals surface area contributed by atoms with Crippen LogP contribution >= 0.6 is 0 Å². The van der Waals surface area contributed by atoms with Gasteiger partial charge < -0.3 is 15.8 Å². The normalized spacial score (nSPS) is 13.5. The van der Waals surface area contributed by atoms with Crippen molar-refractivity contribution in [3.63, 3.8) is 0 Å².